The number of fused-ring (bicyclic) bond motifs is 1. The number of likely N-dealkylation sites (tertiary alicyclic amines) is 1. The summed E-state index contributed by atoms with van der Waals surface area (Å²) in [5.41, 5.74) is 10.8. The molecular formula is C28H29FN6O3. The summed E-state index contributed by atoms with van der Waals surface area (Å²) in [4.78, 5) is 35.0. The summed E-state index contributed by atoms with van der Waals surface area (Å²) in [6.45, 7) is 3.30. The number of carbonyl (C=O) groups is 2. The minimum atomic E-state index is -0.508. The van der Waals surface area contributed by atoms with Crippen LogP contribution in [-0.4, -0.2) is 51.4 Å². The van der Waals surface area contributed by atoms with Crippen molar-refractivity contribution in [3.63, 3.8) is 0 Å². The molecule has 0 unspecified atom stereocenters. The highest BCUT2D eigenvalue weighted by Crippen LogP contribution is 2.36. The number of piperidine rings is 1. The standard InChI is InChI=1S/C28H29FN6O3/c1-17(36)34-11-9-19(10-12-34)23-15-35(26-25(23)32-16-33-27(26)30)21-6-3-18(4-7-21)14-31-28(37)22-13-20(29)5-8-24(22)38-2/h3-8,13,15-16,19H,9-12,14H2,1-2H3,(H,31,37)(H2,30,32,33). The van der Waals surface area contributed by atoms with E-state index in [4.69, 9.17) is 10.5 Å². The van der Waals surface area contributed by atoms with Gasteiger partial charge in [-0.2, -0.15) is 0 Å². The van der Waals surface area contributed by atoms with Crippen molar-refractivity contribution in [1.29, 1.82) is 0 Å². The number of carbonyl (C=O) groups excluding carboxylic acids is 2. The van der Waals surface area contributed by atoms with Crippen LogP contribution in [-0.2, 0) is 11.3 Å². The van der Waals surface area contributed by atoms with Crippen LogP contribution in [0.15, 0.2) is 55.0 Å². The first-order valence-electron chi connectivity index (χ1n) is 12.4. The molecule has 1 aliphatic rings. The molecule has 3 N–H and O–H groups in total. The van der Waals surface area contributed by atoms with Crippen LogP contribution in [0.1, 0.15) is 47.2 Å². The lowest BCUT2D eigenvalue weighted by molar-refractivity contribution is -0.129. The van der Waals surface area contributed by atoms with Crippen molar-refractivity contribution in [3.8, 4) is 11.4 Å². The van der Waals surface area contributed by atoms with E-state index in [-0.39, 0.29) is 23.9 Å². The van der Waals surface area contributed by atoms with Gasteiger partial charge in [-0.3, -0.25) is 9.59 Å². The predicted molar refractivity (Wildman–Crippen MR) is 142 cm³/mol. The molecule has 0 saturated carbocycles. The van der Waals surface area contributed by atoms with Crippen molar-refractivity contribution < 1.29 is 18.7 Å². The van der Waals surface area contributed by atoms with Crippen LogP contribution in [0.25, 0.3) is 16.7 Å². The second-order valence-corrected chi connectivity index (χ2v) is 9.38. The molecule has 10 heteroatoms. The Labute approximate surface area is 219 Å². The molecule has 0 bridgehead atoms. The Balaban J connectivity index is 1.36. The third-order valence-electron chi connectivity index (χ3n) is 7.09. The van der Waals surface area contributed by atoms with Gasteiger partial charge in [-0.05, 0) is 60.2 Å². The number of nitrogen functional groups attached to an aromatic ring is 1. The Hall–Kier alpha value is -4.47. The topological polar surface area (TPSA) is 115 Å². The highest BCUT2D eigenvalue weighted by molar-refractivity contribution is 5.97. The Kier molecular flexibility index (Phi) is 6.95. The van der Waals surface area contributed by atoms with Gasteiger partial charge in [0.05, 0.1) is 18.2 Å². The van der Waals surface area contributed by atoms with E-state index in [1.54, 1.807) is 6.92 Å². The Morgan fingerprint density at radius 3 is 2.55 bits per heavy atom. The van der Waals surface area contributed by atoms with E-state index < -0.39 is 11.7 Å². The number of nitrogens with one attached hydrogen (secondary N) is 1. The fourth-order valence-electron chi connectivity index (χ4n) is 5.02. The first-order chi connectivity index (χ1) is 18.4. The number of benzene rings is 2. The van der Waals surface area contributed by atoms with Crippen LogP contribution in [0.3, 0.4) is 0 Å². The van der Waals surface area contributed by atoms with Crippen molar-refractivity contribution in [3.05, 3.63) is 77.5 Å². The number of halogens is 1. The van der Waals surface area contributed by atoms with Crippen molar-refractivity contribution in [2.75, 3.05) is 25.9 Å². The lowest BCUT2D eigenvalue weighted by Crippen LogP contribution is -2.36. The molecule has 2 aromatic carbocycles. The fraction of sp³-hybridized carbons (Fsp3) is 0.286. The molecular weight excluding hydrogens is 487 g/mol. The molecule has 0 atom stereocenters. The average molecular weight is 517 g/mol. The summed E-state index contributed by atoms with van der Waals surface area (Å²) in [6.07, 6.45) is 5.26. The van der Waals surface area contributed by atoms with Crippen LogP contribution in [0, 0.1) is 5.82 Å². The van der Waals surface area contributed by atoms with Crippen LogP contribution in [0.5, 0.6) is 5.75 Å². The maximum Gasteiger partial charge on any atom is 0.255 e. The summed E-state index contributed by atoms with van der Waals surface area (Å²) in [5, 5.41) is 2.81. The van der Waals surface area contributed by atoms with E-state index in [0.29, 0.717) is 11.6 Å². The second kappa shape index (κ2) is 10.5. The van der Waals surface area contributed by atoms with Gasteiger partial charge in [0, 0.05) is 38.4 Å². The lowest BCUT2D eigenvalue weighted by atomic mass is 9.90. The minimum Gasteiger partial charge on any atom is -0.496 e. The fourth-order valence-corrected chi connectivity index (χ4v) is 5.02. The zero-order valence-corrected chi connectivity index (χ0v) is 21.3. The lowest BCUT2D eigenvalue weighted by Gasteiger charge is -2.31. The summed E-state index contributed by atoms with van der Waals surface area (Å²) in [6, 6.07) is 11.5. The van der Waals surface area contributed by atoms with Crippen LogP contribution in [0.2, 0.25) is 0 Å². The molecule has 2 amide bonds. The molecule has 4 aromatic rings. The molecule has 0 spiro atoms. The number of rotatable bonds is 6. The van der Waals surface area contributed by atoms with Gasteiger partial charge in [0.1, 0.15) is 23.4 Å². The van der Waals surface area contributed by atoms with Crippen LogP contribution >= 0.6 is 0 Å². The smallest absolute Gasteiger partial charge is 0.255 e. The predicted octanol–water partition coefficient (Wildman–Crippen LogP) is 3.81. The number of hydrogen-bond donors (Lipinski definition) is 2. The number of aromatic nitrogens is 3. The maximum atomic E-state index is 13.7. The number of ether oxygens (including phenoxy) is 1. The normalized spacial score (nSPS) is 14.0. The quantitative estimate of drug-likeness (QED) is 0.403. The van der Waals surface area contributed by atoms with Gasteiger partial charge in [-0.1, -0.05) is 12.1 Å². The molecule has 196 valence electrons. The van der Waals surface area contributed by atoms with Gasteiger partial charge >= 0.3 is 0 Å². The zero-order valence-electron chi connectivity index (χ0n) is 21.3. The van der Waals surface area contributed by atoms with Gasteiger partial charge < -0.3 is 25.3 Å². The molecule has 0 radical (unpaired) electrons. The highest BCUT2D eigenvalue weighted by atomic mass is 19.1. The van der Waals surface area contributed by atoms with E-state index in [9.17, 15) is 14.0 Å². The first-order valence-corrected chi connectivity index (χ1v) is 12.4. The minimum absolute atomic E-state index is 0.101. The highest BCUT2D eigenvalue weighted by Gasteiger charge is 2.26. The first kappa shape index (κ1) is 25.2. The average Bonchev–Trinajstić information content (AvgIpc) is 3.33. The largest absolute Gasteiger partial charge is 0.496 e. The molecule has 1 saturated heterocycles. The second-order valence-electron chi connectivity index (χ2n) is 9.38. The molecule has 3 heterocycles. The third kappa shape index (κ3) is 4.89. The number of amides is 2. The third-order valence-corrected chi connectivity index (χ3v) is 7.09. The molecule has 1 fully saturated rings. The molecule has 9 nitrogen and oxygen atoms in total. The number of methoxy groups -OCH3 is 1. The van der Waals surface area contributed by atoms with Crippen LogP contribution in [0.4, 0.5) is 10.2 Å². The molecule has 1 aliphatic heterocycles. The summed E-state index contributed by atoms with van der Waals surface area (Å²) >= 11 is 0. The van der Waals surface area contributed by atoms with Crippen LogP contribution < -0.4 is 15.8 Å². The van der Waals surface area contributed by atoms with E-state index >= 15 is 0 Å². The van der Waals surface area contributed by atoms with Crippen molar-refractivity contribution in [1.82, 2.24) is 24.8 Å². The van der Waals surface area contributed by atoms with Crippen molar-refractivity contribution in [2.24, 2.45) is 0 Å². The number of nitrogens with two attached hydrogens (primary N) is 1. The Bertz CT molecular complexity index is 1490. The monoisotopic (exact) mass is 516 g/mol. The van der Waals surface area contributed by atoms with Crippen molar-refractivity contribution >= 4 is 28.7 Å². The van der Waals surface area contributed by atoms with Gasteiger partial charge in [0.2, 0.25) is 5.91 Å². The zero-order chi connectivity index (χ0) is 26.8. The van der Waals surface area contributed by atoms with E-state index in [0.717, 1.165) is 59.8 Å². The van der Waals surface area contributed by atoms with Gasteiger partial charge in [-0.15, -0.1) is 0 Å². The number of anilines is 1. The van der Waals surface area contributed by atoms with E-state index in [2.05, 4.69) is 21.5 Å². The van der Waals surface area contributed by atoms with Gasteiger partial charge in [0.25, 0.3) is 5.91 Å². The molecule has 2 aromatic heterocycles. The summed E-state index contributed by atoms with van der Waals surface area (Å²) in [7, 11) is 1.44. The Morgan fingerprint density at radius 1 is 1.13 bits per heavy atom. The SMILES string of the molecule is COc1ccc(F)cc1C(=O)NCc1ccc(-n2cc(C3CCN(C(C)=O)CC3)c3ncnc(N)c32)cc1. The molecule has 5 rings (SSSR count). The van der Waals surface area contributed by atoms with Gasteiger partial charge in [0.15, 0.2) is 5.82 Å². The summed E-state index contributed by atoms with van der Waals surface area (Å²) in [5.74, 6) is 0.129. The van der Waals surface area contributed by atoms with Gasteiger partial charge in [-0.25, -0.2) is 14.4 Å². The molecule has 0 aliphatic carbocycles. The number of nitrogens with zero attached hydrogens (tertiary/aromatic N) is 4. The van der Waals surface area contributed by atoms with Crippen molar-refractivity contribution in [2.45, 2.75) is 32.2 Å². The summed E-state index contributed by atoms with van der Waals surface area (Å²) < 4.78 is 20.8. The number of hydrogen-bond acceptors (Lipinski definition) is 6. The molecule has 38 heavy (non-hydrogen) atoms. The van der Waals surface area contributed by atoms with E-state index in [1.807, 2.05) is 33.7 Å². The van der Waals surface area contributed by atoms with E-state index in [1.165, 1.54) is 25.6 Å². The Morgan fingerprint density at radius 2 is 1.87 bits per heavy atom. The maximum absolute atomic E-state index is 13.7.